The molecule has 2 aliphatic carbocycles. The van der Waals surface area contributed by atoms with Crippen LogP contribution in [0.15, 0.2) is 24.5 Å². The molecule has 1 saturated heterocycles. The summed E-state index contributed by atoms with van der Waals surface area (Å²) < 4.78 is 6.22. The molecule has 2 saturated carbocycles. The standard InChI is InChI=1S/C23H32N4O2/c1-26(14-18-6-10-24-22-20(18)7-11-25-22)21(28)12-19-15-27(13-17-4-2-5-17)23(16-29-19)8-3-9-23/h6-7,10-11,17,19H,2-5,8-9,12-16H2,1H3,(H,24,25). The summed E-state index contributed by atoms with van der Waals surface area (Å²) in [6, 6.07) is 4.02. The van der Waals surface area contributed by atoms with E-state index >= 15 is 0 Å². The maximum atomic E-state index is 12.9. The van der Waals surface area contributed by atoms with Gasteiger partial charge in [0.1, 0.15) is 5.65 Å². The number of carbonyl (C=O) groups excluding carboxylic acids is 1. The molecule has 1 atom stereocenters. The Morgan fingerprint density at radius 1 is 1.34 bits per heavy atom. The van der Waals surface area contributed by atoms with E-state index in [9.17, 15) is 4.79 Å². The number of amides is 1. The van der Waals surface area contributed by atoms with Crippen LogP contribution in [0.5, 0.6) is 0 Å². The van der Waals surface area contributed by atoms with Gasteiger partial charge in [0.2, 0.25) is 5.91 Å². The Morgan fingerprint density at radius 2 is 2.21 bits per heavy atom. The Balaban J connectivity index is 1.20. The maximum Gasteiger partial charge on any atom is 0.225 e. The smallest absolute Gasteiger partial charge is 0.225 e. The number of pyridine rings is 1. The molecule has 1 unspecified atom stereocenters. The minimum atomic E-state index is 0.0148. The fourth-order valence-corrected chi connectivity index (χ4v) is 5.13. The zero-order valence-electron chi connectivity index (χ0n) is 17.4. The van der Waals surface area contributed by atoms with E-state index in [4.69, 9.17) is 4.74 Å². The van der Waals surface area contributed by atoms with Gasteiger partial charge >= 0.3 is 0 Å². The van der Waals surface area contributed by atoms with Crippen molar-refractivity contribution in [3.8, 4) is 0 Å². The molecule has 2 aromatic heterocycles. The molecule has 29 heavy (non-hydrogen) atoms. The van der Waals surface area contributed by atoms with Crippen LogP contribution in [0.2, 0.25) is 0 Å². The first-order chi connectivity index (χ1) is 14.1. The lowest BCUT2D eigenvalue weighted by Crippen LogP contribution is -2.64. The Hall–Kier alpha value is -1.92. The van der Waals surface area contributed by atoms with E-state index in [0.29, 0.717) is 13.0 Å². The van der Waals surface area contributed by atoms with Gasteiger partial charge in [0, 0.05) is 50.0 Å². The number of carbonyl (C=O) groups is 1. The number of nitrogens with one attached hydrogen (secondary N) is 1. The molecule has 156 valence electrons. The van der Waals surface area contributed by atoms with Gasteiger partial charge in [-0.15, -0.1) is 0 Å². The number of morpholine rings is 1. The molecule has 1 N–H and O–H groups in total. The molecule has 6 heteroatoms. The van der Waals surface area contributed by atoms with Crippen LogP contribution < -0.4 is 0 Å². The van der Waals surface area contributed by atoms with Gasteiger partial charge < -0.3 is 14.6 Å². The first-order valence-corrected chi connectivity index (χ1v) is 11.1. The van der Waals surface area contributed by atoms with Crippen molar-refractivity contribution in [2.45, 2.75) is 63.1 Å². The van der Waals surface area contributed by atoms with Crippen molar-refractivity contribution in [2.75, 3.05) is 26.7 Å². The molecule has 2 aromatic rings. The van der Waals surface area contributed by atoms with Crippen molar-refractivity contribution >= 4 is 16.9 Å². The predicted octanol–water partition coefficient (Wildman–Crippen LogP) is 3.34. The normalized spacial score (nSPS) is 24.4. The van der Waals surface area contributed by atoms with Gasteiger partial charge in [-0.05, 0) is 55.7 Å². The molecule has 1 amide bonds. The average molecular weight is 397 g/mol. The van der Waals surface area contributed by atoms with Crippen LogP contribution in [0, 0.1) is 5.92 Å². The van der Waals surface area contributed by atoms with Gasteiger partial charge in [0.25, 0.3) is 0 Å². The number of ether oxygens (including phenoxy) is 1. The first kappa shape index (κ1) is 19.1. The Bertz CT molecular complexity index is 871. The van der Waals surface area contributed by atoms with Gasteiger partial charge in [0.15, 0.2) is 0 Å². The highest BCUT2D eigenvalue weighted by Crippen LogP contribution is 2.43. The van der Waals surface area contributed by atoms with Crippen molar-refractivity contribution in [1.82, 2.24) is 19.8 Å². The van der Waals surface area contributed by atoms with Gasteiger partial charge in [-0.25, -0.2) is 4.98 Å². The molecule has 5 rings (SSSR count). The highest BCUT2D eigenvalue weighted by molar-refractivity contribution is 5.81. The van der Waals surface area contributed by atoms with Crippen LogP contribution in [-0.4, -0.2) is 64.1 Å². The second-order valence-electron chi connectivity index (χ2n) is 9.38. The van der Waals surface area contributed by atoms with E-state index < -0.39 is 0 Å². The van der Waals surface area contributed by atoms with Crippen LogP contribution >= 0.6 is 0 Å². The molecule has 3 fully saturated rings. The highest BCUT2D eigenvalue weighted by Gasteiger charge is 2.47. The summed E-state index contributed by atoms with van der Waals surface area (Å²) in [5.74, 6) is 1.02. The predicted molar refractivity (Wildman–Crippen MR) is 112 cm³/mol. The van der Waals surface area contributed by atoms with E-state index in [1.165, 1.54) is 45.1 Å². The molecule has 6 nitrogen and oxygen atoms in total. The van der Waals surface area contributed by atoms with E-state index in [2.05, 4.69) is 14.9 Å². The van der Waals surface area contributed by atoms with Gasteiger partial charge in [0.05, 0.1) is 19.1 Å². The van der Waals surface area contributed by atoms with E-state index in [1.54, 1.807) is 6.20 Å². The molecule has 0 radical (unpaired) electrons. The van der Waals surface area contributed by atoms with Crippen LogP contribution in [-0.2, 0) is 16.1 Å². The summed E-state index contributed by atoms with van der Waals surface area (Å²) in [6.07, 6.45) is 12.1. The molecular formula is C23H32N4O2. The monoisotopic (exact) mass is 396 g/mol. The van der Waals surface area contributed by atoms with Gasteiger partial charge in [-0.2, -0.15) is 0 Å². The molecule has 0 aromatic carbocycles. The fraction of sp³-hybridized carbons (Fsp3) is 0.652. The summed E-state index contributed by atoms with van der Waals surface area (Å²) in [6.45, 7) is 3.51. The fourth-order valence-electron chi connectivity index (χ4n) is 5.13. The SMILES string of the molecule is CN(Cc1ccnc2[nH]ccc12)C(=O)CC1CN(CC2CCC2)C2(CCC2)CO1. The minimum Gasteiger partial charge on any atom is -0.374 e. The number of nitrogens with zero attached hydrogens (tertiary/aromatic N) is 3. The summed E-state index contributed by atoms with van der Waals surface area (Å²) in [7, 11) is 1.89. The number of H-pyrrole nitrogens is 1. The molecule has 1 spiro atoms. The quantitative estimate of drug-likeness (QED) is 0.814. The average Bonchev–Trinajstić information content (AvgIpc) is 3.13. The van der Waals surface area contributed by atoms with E-state index in [-0.39, 0.29) is 17.6 Å². The highest BCUT2D eigenvalue weighted by atomic mass is 16.5. The third kappa shape index (κ3) is 3.68. The molecule has 3 heterocycles. The number of aromatic nitrogens is 2. The van der Waals surface area contributed by atoms with Gasteiger partial charge in [-0.1, -0.05) is 6.42 Å². The third-order valence-corrected chi connectivity index (χ3v) is 7.46. The molecule has 1 aliphatic heterocycles. The van der Waals surface area contributed by atoms with Crippen molar-refractivity contribution in [2.24, 2.45) is 5.92 Å². The summed E-state index contributed by atoms with van der Waals surface area (Å²) >= 11 is 0. The Labute approximate surface area is 172 Å². The van der Waals surface area contributed by atoms with Crippen LogP contribution in [0.1, 0.15) is 50.5 Å². The second-order valence-corrected chi connectivity index (χ2v) is 9.38. The first-order valence-electron chi connectivity index (χ1n) is 11.1. The lowest BCUT2D eigenvalue weighted by Gasteiger charge is -2.56. The number of rotatable bonds is 6. The minimum absolute atomic E-state index is 0.0148. The Kier molecular flexibility index (Phi) is 5.08. The van der Waals surface area contributed by atoms with Crippen LogP contribution in [0.4, 0.5) is 0 Å². The molecular weight excluding hydrogens is 364 g/mol. The van der Waals surface area contributed by atoms with E-state index in [0.717, 1.165) is 35.7 Å². The van der Waals surface area contributed by atoms with Crippen molar-refractivity contribution < 1.29 is 9.53 Å². The van der Waals surface area contributed by atoms with Crippen molar-refractivity contribution in [3.05, 3.63) is 30.1 Å². The lowest BCUT2D eigenvalue weighted by atomic mass is 9.73. The molecule has 3 aliphatic rings. The zero-order valence-corrected chi connectivity index (χ0v) is 17.4. The number of hydrogen-bond donors (Lipinski definition) is 1. The van der Waals surface area contributed by atoms with E-state index in [1.807, 2.05) is 30.3 Å². The number of aromatic amines is 1. The summed E-state index contributed by atoms with van der Waals surface area (Å²) in [5.41, 5.74) is 2.27. The van der Waals surface area contributed by atoms with Gasteiger partial charge in [-0.3, -0.25) is 9.69 Å². The summed E-state index contributed by atoms with van der Waals surface area (Å²) in [5, 5.41) is 1.08. The van der Waals surface area contributed by atoms with Crippen LogP contribution in [0.3, 0.4) is 0 Å². The van der Waals surface area contributed by atoms with Crippen LogP contribution in [0.25, 0.3) is 11.0 Å². The van der Waals surface area contributed by atoms with Crippen molar-refractivity contribution in [1.29, 1.82) is 0 Å². The largest absolute Gasteiger partial charge is 0.374 e. The zero-order chi connectivity index (χ0) is 19.8. The third-order valence-electron chi connectivity index (χ3n) is 7.46. The maximum absolute atomic E-state index is 12.9. The topological polar surface area (TPSA) is 61.5 Å². The second kappa shape index (κ2) is 7.73. The summed E-state index contributed by atoms with van der Waals surface area (Å²) in [4.78, 5) is 24.9. The number of fused-ring (bicyclic) bond motifs is 1. The van der Waals surface area contributed by atoms with Crippen molar-refractivity contribution in [3.63, 3.8) is 0 Å². The number of hydrogen-bond acceptors (Lipinski definition) is 4. The lowest BCUT2D eigenvalue weighted by molar-refractivity contribution is -0.159. The Morgan fingerprint density at radius 3 is 2.93 bits per heavy atom. The molecule has 0 bridgehead atoms.